The fraction of sp³-hybridized carbons (Fsp3) is 0.0625. The van der Waals surface area contributed by atoms with Gasteiger partial charge in [-0.15, -0.1) is 0 Å². The normalized spacial score (nSPS) is 10.3. The molecule has 108 valence electrons. The van der Waals surface area contributed by atoms with E-state index >= 15 is 0 Å². The molecule has 0 spiro atoms. The topological polar surface area (TPSA) is 102 Å². The minimum atomic E-state index is -0.954. The van der Waals surface area contributed by atoms with Crippen molar-refractivity contribution in [2.24, 2.45) is 0 Å². The second kappa shape index (κ2) is 5.58. The summed E-state index contributed by atoms with van der Waals surface area (Å²) in [5.41, 5.74) is 2.99. The van der Waals surface area contributed by atoms with Crippen molar-refractivity contribution in [2.45, 2.75) is 6.54 Å². The van der Waals surface area contributed by atoms with Crippen LogP contribution in [0.25, 0.3) is 11.0 Å². The number of nitrogens with one attached hydrogen (secondary N) is 2. The second-order valence-corrected chi connectivity index (χ2v) is 4.76. The van der Waals surface area contributed by atoms with Gasteiger partial charge in [-0.05, 0) is 29.8 Å². The van der Waals surface area contributed by atoms with Crippen LogP contribution in [0.15, 0.2) is 42.5 Å². The fourth-order valence-electron chi connectivity index (χ4n) is 2.21. The minimum Gasteiger partial charge on any atom is -0.478 e. The average molecular weight is 292 g/mol. The standard InChI is InChI=1S/C16H12N4O2/c17-8-12-5-2-6-13-14(12)20-16(19-13)18-9-10-3-1-4-11(7-10)15(21)22/h1-7H,9H2,(H,21,22)(H2,18,19,20). The van der Waals surface area contributed by atoms with Crippen LogP contribution in [-0.2, 0) is 6.54 Å². The Hall–Kier alpha value is -3.33. The molecule has 22 heavy (non-hydrogen) atoms. The number of carboxylic acids is 1. The van der Waals surface area contributed by atoms with Crippen LogP contribution in [0, 0.1) is 11.3 Å². The number of aromatic nitrogens is 2. The number of aromatic carboxylic acids is 1. The summed E-state index contributed by atoms with van der Waals surface area (Å²) < 4.78 is 0. The van der Waals surface area contributed by atoms with Crippen molar-refractivity contribution < 1.29 is 9.90 Å². The van der Waals surface area contributed by atoms with Gasteiger partial charge in [0.1, 0.15) is 11.6 Å². The van der Waals surface area contributed by atoms with Crippen molar-refractivity contribution in [3.05, 3.63) is 59.2 Å². The highest BCUT2D eigenvalue weighted by Crippen LogP contribution is 2.18. The molecule has 1 heterocycles. The third-order valence-corrected chi connectivity index (χ3v) is 3.27. The van der Waals surface area contributed by atoms with Gasteiger partial charge in [0.05, 0.1) is 16.6 Å². The number of carbonyl (C=O) groups is 1. The summed E-state index contributed by atoms with van der Waals surface area (Å²) >= 11 is 0. The predicted octanol–water partition coefficient (Wildman–Crippen LogP) is 2.74. The van der Waals surface area contributed by atoms with Crippen LogP contribution in [0.4, 0.5) is 5.95 Å². The van der Waals surface area contributed by atoms with Crippen molar-refractivity contribution in [1.29, 1.82) is 5.26 Å². The van der Waals surface area contributed by atoms with E-state index in [1.54, 1.807) is 30.3 Å². The molecule has 6 heteroatoms. The first kappa shape index (κ1) is 13.6. The molecule has 0 fully saturated rings. The average Bonchev–Trinajstić information content (AvgIpc) is 2.96. The van der Waals surface area contributed by atoms with Crippen LogP contribution in [-0.4, -0.2) is 21.0 Å². The van der Waals surface area contributed by atoms with E-state index in [0.717, 1.165) is 11.1 Å². The Morgan fingerprint density at radius 2 is 2.14 bits per heavy atom. The van der Waals surface area contributed by atoms with Crippen LogP contribution < -0.4 is 5.32 Å². The Balaban J connectivity index is 1.81. The van der Waals surface area contributed by atoms with Gasteiger partial charge in [0.2, 0.25) is 5.95 Å². The molecular formula is C16H12N4O2. The second-order valence-electron chi connectivity index (χ2n) is 4.76. The lowest BCUT2D eigenvalue weighted by atomic mass is 10.1. The number of H-pyrrole nitrogens is 1. The number of fused-ring (bicyclic) bond motifs is 1. The molecule has 0 saturated carbocycles. The van der Waals surface area contributed by atoms with Crippen LogP contribution in [0.1, 0.15) is 21.5 Å². The first-order chi connectivity index (χ1) is 10.7. The number of rotatable bonds is 4. The highest BCUT2D eigenvalue weighted by atomic mass is 16.4. The lowest BCUT2D eigenvalue weighted by molar-refractivity contribution is 0.0697. The molecule has 0 aliphatic rings. The van der Waals surface area contributed by atoms with Gasteiger partial charge in [-0.25, -0.2) is 9.78 Å². The zero-order valence-corrected chi connectivity index (χ0v) is 11.5. The first-order valence-electron chi connectivity index (χ1n) is 6.62. The van der Waals surface area contributed by atoms with Gasteiger partial charge in [-0.1, -0.05) is 18.2 Å². The summed E-state index contributed by atoms with van der Waals surface area (Å²) in [4.78, 5) is 18.4. The minimum absolute atomic E-state index is 0.246. The van der Waals surface area contributed by atoms with E-state index in [0.29, 0.717) is 23.6 Å². The maximum absolute atomic E-state index is 10.9. The van der Waals surface area contributed by atoms with E-state index in [1.807, 2.05) is 12.1 Å². The highest BCUT2D eigenvalue weighted by molar-refractivity contribution is 5.87. The number of para-hydroxylation sites is 1. The summed E-state index contributed by atoms with van der Waals surface area (Å²) in [6.45, 7) is 0.433. The van der Waals surface area contributed by atoms with Crippen LogP contribution in [0.5, 0.6) is 0 Å². The Morgan fingerprint density at radius 3 is 2.91 bits per heavy atom. The summed E-state index contributed by atoms with van der Waals surface area (Å²) in [5, 5.41) is 21.1. The fourth-order valence-corrected chi connectivity index (χ4v) is 2.21. The third-order valence-electron chi connectivity index (χ3n) is 3.27. The molecule has 0 radical (unpaired) electrons. The lowest BCUT2D eigenvalue weighted by Crippen LogP contribution is -2.03. The first-order valence-corrected chi connectivity index (χ1v) is 6.62. The SMILES string of the molecule is N#Cc1cccc2[nH]c(NCc3cccc(C(=O)O)c3)nc12. The summed E-state index contributed by atoms with van der Waals surface area (Å²) in [5.74, 6) is -0.414. The van der Waals surface area contributed by atoms with Gasteiger partial charge in [0.15, 0.2) is 0 Å². The Kier molecular flexibility index (Phi) is 3.46. The number of nitriles is 1. The molecule has 0 unspecified atom stereocenters. The van der Waals surface area contributed by atoms with Gasteiger partial charge in [0.25, 0.3) is 0 Å². The predicted molar refractivity (Wildman–Crippen MR) is 81.5 cm³/mol. The molecule has 2 aromatic carbocycles. The van der Waals surface area contributed by atoms with E-state index in [1.165, 1.54) is 0 Å². The van der Waals surface area contributed by atoms with Crippen molar-refractivity contribution in [3.63, 3.8) is 0 Å². The van der Waals surface area contributed by atoms with Gasteiger partial charge < -0.3 is 15.4 Å². The molecule has 0 saturated heterocycles. The molecule has 6 nitrogen and oxygen atoms in total. The van der Waals surface area contributed by atoms with Crippen molar-refractivity contribution in [1.82, 2.24) is 9.97 Å². The molecule has 3 N–H and O–H groups in total. The number of hydrogen-bond donors (Lipinski definition) is 3. The van der Waals surface area contributed by atoms with Gasteiger partial charge in [-0.3, -0.25) is 0 Å². The number of aromatic amines is 1. The molecule has 0 aliphatic carbocycles. The summed E-state index contributed by atoms with van der Waals surface area (Å²) in [6.07, 6.45) is 0. The van der Waals surface area contributed by atoms with Crippen LogP contribution >= 0.6 is 0 Å². The van der Waals surface area contributed by atoms with E-state index < -0.39 is 5.97 Å². The summed E-state index contributed by atoms with van der Waals surface area (Å²) in [7, 11) is 0. The molecule has 0 bridgehead atoms. The quantitative estimate of drug-likeness (QED) is 0.686. The van der Waals surface area contributed by atoms with E-state index in [4.69, 9.17) is 10.4 Å². The number of anilines is 1. The van der Waals surface area contributed by atoms with Gasteiger partial charge in [0, 0.05) is 6.54 Å². The molecule has 0 amide bonds. The maximum Gasteiger partial charge on any atom is 0.335 e. The molecule has 0 atom stereocenters. The number of imidazole rings is 1. The molecule has 3 rings (SSSR count). The zero-order valence-electron chi connectivity index (χ0n) is 11.5. The molecular weight excluding hydrogens is 280 g/mol. The largest absolute Gasteiger partial charge is 0.478 e. The number of hydrogen-bond acceptors (Lipinski definition) is 4. The van der Waals surface area contributed by atoms with Gasteiger partial charge >= 0.3 is 5.97 Å². The number of benzene rings is 2. The third kappa shape index (κ3) is 2.60. The van der Waals surface area contributed by atoms with E-state index in [-0.39, 0.29) is 5.56 Å². The monoisotopic (exact) mass is 292 g/mol. The maximum atomic E-state index is 10.9. The van der Waals surface area contributed by atoms with E-state index in [9.17, 15) is 4.79 Å². The Bertz CT molecular complexity index is 893. The smallest absolute Gasteiger partial charge is 0.335 e. The molecule has 1 aromatic heterocycles. The Morgan fingerprint density at radius 1 is 1.32 bits per heavy atom. The van der Waals surface area contributed by atoms with Crippen molar-refractivity contribution in [2.75, 3.05) is 5.32 Å². The zero-order chi connectivity index (χ0) is 15.5. The Labute approximate surface area is 126 Å². The van der Waals surface area contributed by atoms with Crippen molar-refractivity contribution in [3.8, 4) is 6.07 Å². The van der Waals surface area contributed by atoms with E-state index in [2.05, 4.69) is 21.4 Å². The van der Waals surface area contributed by atoms with Crippen LogP contribution in [0.2, 0.25) is 0 Å². The number of carboxylic acid groups (broad SMARTS) is 1. The highest BCUT2D eigenvalue weighted by Gasteiger charge is 2.07. The summed E-state index contributed by atoms with van der Waals surface area (Å²) in [6, 6.07) is 14.1. The lowest BCUT2D eigenvalue weighted by Gasteiger charge is -2.04. The molecule has 3 aromatic rings. The van der Waals surface area contributed by atoms with Gasteiger partial charge in [-0.2, -0.15) is 5.26 Å². The van der Waals surface area contributed by atoms with Crippen LogP contribution in [0.3, 0.4) is 0 Å². The number of nitrogens with zero attached hydrogens (tertiary/aromatic N) is 2. The molecule has 0 aliphatic heterocycles. The van der Waals surface area contributed by atoms with Crippen molar-refractivity contribution >= 4 is 23.0 Å².